The van der Waals surface area contributed by atoms with Crippen LogP contribution in [0.2, 0.25) is 0 Å². The second-order valence-electron chi connectivity index (χ2n) is 4.50. The number of fused-ring (bicyclic) bond motifs is 3. The average molecular weight is 272 g/mol. The topological polar surface area (TPSA) is 82.3 Å². The van der Waals surface area contributed by atoms with Crippen molar-refractivity contribution in [3.63, 3.8) is 0 Å². The number of aryl methyl sites for hydroxylation is 2. The second kappa shape index (κ2) is 4.20. The molecule has 19 heavy (non-hydrogen) atoms. The van der Waals surface area contributed by atoms with Crippen molar-refractivity contribution in [2.75, 3.05) is 5.32 Å². The van der Waals surface area contributed by atoms with Crippen molar-refractivity contribution >= 4 is 22.3 Å². The Hall–Kier alpha value is -2.15. The molecule has 0 radical (unpaired) electrons. The summed E-state index contributed by atoms with van der Waals surface area (Å²) in [5, 5.41) is 18.1. The lowest BCUT2D eigenvalue weighted by atomic mass is 10.2. The molecule has 0 aliphatic heterocycles. The highest BCUT2D eigenvalue weighted by Crippen LogP contribution is 2.36. The van der Waals surface area contributed by atoms with Gasteiger partial charge in [0.1, 0.15) is 5.82 Å². The molecule has 4 rings (SSSR count). The van der Waals surface area contributed by atoms with Crippen LogP contribution in [0.1, 0.15) is 17.0 Å². The van der Waals surface area contributed by atoms with Gasteiger partial charge in [-0.05, 0) is 19.3 Å². The van der Waals surface area contributed by atoms with Crippen molar-refractivity contribution in [1.82, 2.24) is 25.4 Å². The SMILES string of the molecule is c1cc(Nc2nc3c(s2)CCCc2[nH]ncc2-3)[nH]n1. The minimum absolute atomic E-state index is 0.858. The van der Waals surface area contributed by atoms with Crippen LogP contribution in [0.3, 0.4) is 0 Å². The molecule has 7 heteroatoms. The molecule has 0 fully saturated rings. The molecule has 3 N–H and O–H groups in total. The smallest absolute Gasteiger partial charge is 0.189 e. The predicted molar refractivity (Wildman–Crippen MR) is 73.6 cm³/mol. The third kappa shape index (κ3) is 1.82. The van der Waals surface area contributed by atoms with Crippen LogP contribution < -0.4 is 5.32 Å². The fraction of sp³-hybridized carbons (Fsp3) is 0.250. The molecular weight excluding hydrogens is 260 g/mol. The van der Waals surface area contributed by atoms with Crippen LogP contribution in [0.15, 0.2) is 18.5 Å². The molecule has 3 aromatic heterocycles. The quantitative estimate of drug-likeness (QED) is 0.669. The summed E-state index contributed by atoms with van der Waals surface area (Å²) in [4.78, 5) is 6.02. The first-order chi connectivity index (χ1) is 9.40. The molecule has 3 heterocycles. The van der Waals surface area contributed by atoms with Gasteiger partial charge < -0.3 is 5.32 Å². The maximum Gasteiger partial charge on any atom is 0.189 e. The fourth-order valence-corrected chi connectivity index (χ4v) is 3.39. The van der Waals surface area contributed by atoms with E-state index in [1.54, 1.807) is 17.5 Å². The third-order valence-electron chi connectivity index (χ3n) is 3.24. The highest BCUT2D eigenvalue weighted by molar-refractivity contribution is 7.16. The molecule has 0 aromatic carbocycles. The summed E-state index contributed by atoms with van der Waals surface area (Å²) >= 11 is 1.70. The summed E-state index contributed by atoms with van der Waals surface area (Å²) in [5.74, 6) is 0.858. The third-order valence-corrected chi connectivity index (χ3v) is 4.27. The van der Waals surface area contributed by atoms with Crippen LogP contribution in [-0.4, -0.2) is 25.4 Å². The molecule has 6 nitrogen and oxygen atoms in total. The number of nitrogens with zero attached hydrogens (tertiary/aromatic N) is 3. The standard InChI is InChI=1S/C12H12N6S/c1-2-8-7(6-14-17-8)11-9(3-1)19-12(16-11)15-10-4-5-13-18-10/h4-6H,1-3H2,(H,14,17)(H2,13,15,16,18). The summed E-state index contributed by atoms with van der Waals surface area (Å²) in [7, 11) is 0. The van der Waals surface area contributed by atoms with E-state index in [-0.39, 0.29) is 0 Å². The zero-order valence-electron chi connectivity index (χ0n) is 10.1. The Kier molecular flexibility index (Phi) is 2.37. The number of aromatic amines is 2. The van der Waals surface area contributed by atoms with E-state index in [4.69, 9.17) is 4.98 Å². The number of anilines is 2. The largest absolute Gasteiger partial charge is 0.317 e. The summed E-state index contributed by atoms with van der Waals surface area (Å²) < 4.78 is 0. The lowest BCUT2D eigenvalue weighted by Crippen LogP contribution is -1.90. The van der Waals surface area contributed by atoms with Crippen LogP contribution >= 0.6 is 11.3 Å². The Morgan fingerprint density at radius 1 is 1.21 bits per heavy atom. The van der Waals surface area contributed by atoms with Crippen LogP contribution in [0, 0.1) is 0 Å². The van der Waals surface area contributed by atoms with Gasteiger partial charge in [-0.15, -0.1) is 11.3 Å². The second-order valence-corrected chi connectivity index (χ2v) is 5.59. The van der Waals surface area contributed by atoms with Crippen molar-refractivity contribution in [3.8, 4) is 11.3 Å². The summed E-state index contributed by atoms with van der Waals surface area (Å²) in [6.45, 7) is 0. The molecular formula is C12H12N6S. The van der Waals surface area contributed by atoms with E-state index in [0.717, 1.165) is 41.5 Å². The number of rotatable bonds is 2. The van der Waals surface area contributed by atoms with Crippen LogP contribution in [0.25, 0.3) is 11.3 Å². The Labute approximate surface area is 113 Å². The van der Waals surface area contributed by atoms with Crippen LogP contribution in [0.4, 0.5) is 10.9 Å². The molecule has 0 saturated carbocycles. The number of hydrogen-bond donors (Lipinski definition) is 3. The first kappa shape index (κ1) is 10.7. The van der Waals surface area contributed by atoms with E-state index < -0.39 is 0 Å². The summed E-state index contributed by atoms with van der Waals surface area (Å²) in [5.41, 5.74) is 3.40. The first-order valence-corrected chi connectivity index (χ1v) is 7.00. The van der Waals surface area contributed by atoms with E-state index in [1.807, 2.05) is 12.3 Å². The molecule has 0 atom stereocenters. The number of nitrogens with one attached hydrogen (secondary N) is 3. The minimum Gasteiger partial charge on any atom is -0.317 e. The van der Waals surface area contributed by atoms with Gasteiger partial charge in [0.15, 0.2) is 5.13 Å². The number of hydrogen-bond acceptors (Lipinski definition) is 5. The van der Waals surface area contributed by atoms with Gasteiger partial charge in [-0.25, -0.2) is 4.98 Å². The van der Waals surface area contributed by atoms with Crippen molar-refractivity contribution in [1.29, 1.82) is 0 Å². The maximum absolute atomic E-state index is 4.70. The van der Waals surface area contributed by atoms with Gasteiger partial charge in [0.05, 0.1) is 18.1 Å². The van der Waals surface area contributed by atoms with Crippen LogP contribution in [-0.2, 0) is 12.8 Å². The monoisotopic (exact) mass is 272 g/mol. The van der Waals surface area contributed by atoms with Crippen molar-refractivity contribution in [2.24, 2.45) is 0 Å². The first-order valence-electron chi connectivity index (χ1n) is 6.19. The molecule has 0 amide bonds. The maximum atomic E-state index is 4.70. The highest BCUT2D eigenvalue weighted by Gasteiger charge is 2.20. The summed E-state index contributed by atoms with van der Waals surface area (Å²) in [6, 6.07) is 1.88. The van der Waals surface area contributed by atoms with Gasteiger partial charge in [-0.1, -0.05) is 0 Å². The van der Waals surface area contributed by atoms with Gasteiger partial charge >= 0.3 is 0 Å². The molecule has 0 saturated heterocycles. The van der Waals surface area contributed by atoms with Crippen molar-refractivity contribution in [3.05, 3.63) is 29.0 Å². The zero-order valence-corrected chi connectivity index (χ0v) is 10.9. The Bertz CT molecular complexity index is 696. The van der Waals surface area contributed by atoms with Crippen molar-refractivity contribution in [2.45, 2.75) is 19.3 Å². The average Bonchev–Trinajstić information content (AvgIpc) is 3.10. The van der Waals surface area contributed by atoms with Gasteiger partial charge in [0.25, 0.3) is 0 Å². The van der Waals surface area contributed by atoms with E-state index >= 15 is 0 Å². The minimum atomic E-state index is 0.858. The molecule has 1 aliphatic rings. The lowest BCUT2D eigenvalue weighted by Gasteiger charge is -1.97. The Morgan fingerprint density at radius 2 is 2.21 bits per heavy atom. The van der Waals surface area contributed by atoms with Gasteiger partial charge in [-0.3, -0.25) is 10.2 Å². The van der Waals surface area contributed by atoms with Gasteiger partial charge in [0.2, 0.25) is 0 Å². The van der Waals surface area contributed by atoms with Gasteiger partial charge in [0, 0.05) is 22.2 Å². The highest BCUT2D eigenvalue weighted by atomic mass is 32.1. The molecule has 0 spiro atoms. The van der Waals surface area contributed by atoms with Crippen LogP contribution in [0.5, 0.6) is 0 Å². The summed E-state index contributed by atoms with van der Waals surface area (Å²) in [6.07, 6.45) is 6.84. The molecule has 3 aromatic rings. The molecule has 0 bridgehead atoms. The lowest BCUT2D eigenvalue weighted by molar-refractivity contribution is 0.811. The fourth-order valence-electron chi connectivity index (χ4n) is 2.36. The number of thiazole rings is 1. The van der Waals surface area contributed by atoms with E-state index in [9.17, 15) is 0 Å². The van der Waals surface area contributed by atoms with E-state index in [1.165, 1.54) is 10.6 Å². The predicted octanol–water partition coefficient (Wildman–Crippen LogP) is 2.49. The Balaban J connectivity index is 1.74. The molecule has 96 valence electrons. The van der Waals surface area contributed by atoms with Crippen molar-refractivity contribution < 1.29 is 0 Å². The zero-order chi connectivity index (χ0) is 12.7. The van der Waals surface area contributed by atoms with Gasteiger partial charge in [-0.2, -0.15) is 10.2 Å². The number of H-pyrrole nitrogens is 2. The molecule has 0 unspecified atom stereocenters. The van der Waals surface area contributed by atoms with E-state index in [2.05, 4.69) is 25.7 Å². The molecule has 1 aliphatic carbocycles. The normalized spacial score (nSPS) is 13.7. The van der Waals surface area contributed by atoms with E-state index in [0.29, 0.717) is 0 Å². The Morgan fingerprint density at radius 3 is 3.11 bits per heavy atom. The number of aromatic nitrogens is 5.